The van der Waals surface area contributed by atoms with Crippen molar-refractivity contribution in [2.24, 2.45) is 11.7 Å². The molecule has 1 aromatic rings. The van der Waals surface area contributed by atoms with Gasteiger partial charge in [0, 0.05) is 5.92 Å². The first-order valence-corrected chi connectivity index (χ1v) is 7.34. The SMILES string of the molecule is CCCC1CCC(N)(c2noc(C3CC3)n2)CC1. The van der Waals surface area contributed by atoms with Crippen molar-refractivity contribution in [2.45, 2.75) is 69.7 Å². The lowest BCUT2D eigenvalue weighted by molar-refractivity contribution is 0.211. The minimum atomic E-state index is -0.332. The van der Waals surface area contributed by atoms with Gasteiger partial charge in [0.1, 0.15) is 0 Å². The number of nitrogens with two attached hydrogens (primary N) is 1. The summed E-state index contributed by atoms with van der Waals surface area (Å²) < 4.78 is 5.34. The van der Waals surface area contributed by atoms with E-state index < -0.39 is 0 Å². The molecule has 2 aliphatic rings. The molecule has 4 heteroatoms. The van der Waals surface area contributed by atoms with Crippen LogP contribution in [-0.4, -0.2) is 10.1 Å². The molecule has 18 heavy (non-hydrogen) atoms. The number of hydrogen-bond acceptors (Lipinski definition) is 4. The summed E-state index contributed by atoms with van der Waals surface area (Å²) in [5.41, 5.74) is 6.16. The third-order valence-corrected chi connectivity index (χ3v) is 4.51. The van der Waals surface area contributed by atoms with Crippen molar-refractivity contribution in [2.75, 3.05) is 0 Å². The largest absolute Gasteiger partial charge is 0.339 e. The van der Waals surface area contributed by atoms with Gasteiger partial charge in [0.2, 0.25) is 5.89 Å². The summed E-state index contributed by atoms with van der Waals surface area (Å²) in [6.07, 6.45) is 9.40. The summed E-state index contributed by atoms with van der Waals surface area (Å²) in [6, 6.07) is 0. The molecule has 2 fully saturated rings. The summed E-state index contributed by atoms with van der Waals surface area (Å²) >= 11 is 0. The van der Waals surface area contributed by atoms with Crippen LogP contribution in [0.15, 0.2) is 4.52 Å². The third-order valence-electron chi connectivity index (χ3n) is 4.51. The van der Waals surface area contributed by atoms with Crippen LogP contribution >= 0.6 is 0 Å². The molecule has 4 nitrogen and oxygen atoms in total. The maximum Gasteiger partial charge on any atom is 0.229 e. The Morgan fingerprint density at radius 2 is 2.00 bits per heavy atom. The highest BCUT2D eigenvalue weighted by atomic mass is 16.5. The van der Waals surface area contributed by atoms with Crippen molar-refractivity contribution in [1.82, 2.24) is 10.1 Å². The van der Waals surface area contributed by atoms with Crippen LogP contribution in [0.4, 0.5) is 0 Å². The van der Waals surface area contributed by atoms with Crippen LogP contribution in [-0.2, 0) is 5.54 Å². The molecule has 0 spiro atoms. The van der Waals surface area contributed by atoms with E-state index in [1.807, 2.05) is 0 Å². The fourth-order valence-corrected chi connectivity index (χ4v) is 3.05. The molecule has 2 saturated carbocycles. The van der Waals surface area contributed by atoms with Crippen LogP contribution in [0.2, 0.25) is 0 Å². The lowest BCUT2D eigenvalue weighted by atomic mass is 9.75. The average molecular weight is 249 g/mol. The molecular weight excluding hydrogens is 226 g/mol. The van der Waals surface area contributed by atoms with Crippen molar-refractivity contribution >= 4 is 0 Å². The van der Waals surface area contributed by atoms with Gasteiger partial charge in [0.05, 0.1) is 5.54 Å². The topological polar surface area (TPSA) is 64.9 Å². The second-order valence-electron chi connectivity index (χ2n) is 6.12. The lowest BCUT2D eigenvalue weighted by Crippen LogP contribution is -2.41. The van der Waals surface area contributed by atoms with E-state index in [9.17, 15) is 0 Å². The first-order chi connectivity index (χ1) is 8.71. The van der Waals surface area contributed by atoms with Gasteiger partial charge in [-0.25, -0.2) is 0 Å². The number of rotatable bonds is 4. The number of nitrogens with zero attached hydrogens (tertiary/aromatic N) is 2. The van der Waals surface area contributed by atoms with Crippen molar-refractivity contribution in [3.63, 3.8) is 0 Å². The molecule has 100 valence electrons. The highest BCUT2D eigenvalue weighted by Crippen LogP contribution is 2.41. The van der Waals surface area contributed by atoms with E-state index in [2.05, 4.69) is 17.1 Å². The smallest absolute Gasteiger partial charge is 0.229 e. The summed E-state index contributed by atoms with van der Waals surface area (Å²) in [7, 11) is 0. The predicted octanol–water partition coefficient (Wildman–Crippen LogP) is 3.09. The molecule has 0 amide bonds. The molecule has 1 aromatic heterocycles. The molecule has 0 bridgehead atoms. The van der Waals surface area contributed by atoms with E-state index in [0.717, 1.165) is 30.5 Å². The zero-order valence-corrected chi connectivity index (χ0v) is 11.2. The minimum absolute atomic E-state index is 0.332. The van der Waals surface area contributed by atoms with Crippen LogP contribution < -0.4 is 5.73 Å². The zero-order valence-electron chi connectivity index (χ0n) is 11.2. The molecule has 0 saturated heterocycles. The van der Waals surface area contributed by atoms with Crippen molar-refractivity contribution in [3.05, 3.63) is 11.7 Å². The first-order valence-electron chi connectivity index (χ1n) is 7.34. The zero-order chi connectivity index (χ0) is 12.6. The molecule has 0 unspecified atom stereocenters. The van der Waals surface area contributed by atoms with Gasteiger partial charge in [-0.1, -0.05) is 24.9 Å². The predicted molar refractivity (Wildman–Crippen MR) is 69.0 cm³/mol. The normalized spacial score (nSPS) is 32.7. The molecule has 0 atom stereocenters. The number of hydrogen-bond donors (Lipinski definition) is 1. The summed E-state index contributed by atoms with van der Waals surface area (Å²) in [4.78, 5) is 4.54. The molecule has 0 aromatic carbocycles. The first kappa shape index (κ1) is 12.2. The van der Waals surface area contributed by atoms with Gasteiger partial charge in [-0.3, -0.25) is 0 Å². The fourth-order valence-electron chi connectivity index (χ4n) is 3.05. The van der Waals surface area contributed by atoms with Gasteiger partial charge < -0.3 is 10.3 Å². The van der Waals surface area contributed by atoms with Gasteiger partial charge in [-0.15, -0.1) is 0 Å². The van der Waals surface area contributed by atoms with Crippen LogP contribution in [0, 0.1) is 5.92 Å². The monoisotopic (exact) mass is 249 g/mol. The second kappa shape index (κ2) is 4.65. The molecule has 0 aliphatic heterocycles. The molecule has 0 radical (unpaired) electrons. The van der Waals surface area contributed by atoms with Crippen LogP contribution in [0.25, 0.3) is 0 Å². The second-order valence-corrected chi connectivity index (χ2v) is 6.12. The Labute approximate surface area is 108 Å². The van der Waals surface area contributed by atoms with Crippen molar-refractivity contribution < 1.29 is 4.52 Å². The third kappa shape index (κ3) is 2.30. The Hall–Kier alpha value is -0.900. The highest BCUT2D eigenvalue weighted by molar-refractivity contribution is 5.09. The molecule has 2 aliphatic carbocycles. The average Bonchev–Trinajstić information content (AvgIpc) is 3.10. The van der Waals surface area contributed by atoms with E-state index in [4.69, 9.17) is 10.3 Å². The maximum absolute atomic E-state index is 6.49. The number of aromatic nitrogens is 2. The van der Waals surface area contributed by atoms with Gasteiger partial charge in [0.15, 0.2) is 5.82 Å². The molecule has 3 rings (SSSR count). The van der Waals surface area contributed by atoms with Gasteiger partial charge >= 0.3 is 0 Å². The highest BCUT2D eigenvalue weighted by Gasteiger charge is 2.38. The molecule has 1 heterocycles. The van der Waals surface area contributed by atoms with Crippen LogP contribution in [0.1, 0.15) is 75.9 Å². The van der Waals surface area contributed by atoms with E-state index >= 15 is 0 Å². The van der Waals surface area contributed by atoms with Gasteiger partial charge in [-0.05, 0) is 44.4 Å². The Morgan fingerprint density at radius 1 is 1.28 bits per heavy atom. The van der Waals surface area contributed by atoms with Crippen molar-refractivity contribution in [3.8, 4) is 0 Å². The maximum atomic E-state index is 6.49. The summed E-state index contributed by atoms with van der Waals surface area (Å²) in [5.74, 6) is 2.93. The Bertz CT molecular complexity index is 403. The van der Waals surface area contributed by atoms with E-state index in [1.54, 1.807) is 0 Å². The van der Waals surface area contributed by atoms with E-state index in [0.29, 0.717) is 5.92 Å². The molecular formula is C14H23N3O. The quantitative estimate of drug-likeness (QED) is 0.890. The molecule has 2 N–H and O–H groups in total. The standard InChI is InChI=1S/C14H23N3O/c1-2-3-10-6-8-14(15,9-7-10)13-16-12(18-17-13)11-4-5-11/h10-11H,2-9,15H2,1H3. The van der Waals surface area contributed by atoms with Crippen LogP contribution in [0.3, 0.4) is 0 Å². The lowest BCUT2D eigenvalue weighted by Gasteiger charge is -2.34. The van der Waals surface area contributed by atoms with Crippen molar-refractivity contribution in [1.29, 1.82) is 0 Å². The summed E-state index contributed by atoms with van der Waals surface area (Å²) in [5, 5.41) is 4.13. The van der Waals surface area contributed by atoms with E-state index in [-0.39, 0.29) is 5.54 Å². The summed E-state index contributed by atoms with van der Waals surface area (Å²) in [6.45, 7) is 2.26. The van der Waals surface area contributed by atoms with Gasteiger partial charge in [-0.2, -0.15) is 4.98 Å². The van der Waals surface area contributed by atoms with Gasteiger partial charge in [0.25, 0.3) is 0 Å². The Kier molecular flexibility index (Phi) is 3.14. The fraction of sp³-hybridized carbons (Fsp3) is 0.857. The minimum Gasteiger partial charge on any atom is -0.339 e. The van der Waals surface area contributed by atoms with Crippen LogP contribution in [0.5, 0.6) is 0 Å². The van der Waals surface area contributed by atoms with E-state index in [1.165, 1.54) is 38.5 Å². The Balaban J connectivity index is 1.66. The Morgan fingerprint density at radius 3 is 2.61 bits per heavy atom.